The van der Waals surface area contributed by atoms with E-state index in [2.05, 4.69) is 15.5 Å². The molecule has 3 rings (SSSR count). The van der Waals surface area contributed by atoms with Crippen molar-refractivity contribution < 1.29 is 18.8 Å². The van der Waals surface area contributed by atoms with Crippen LogP contribution in [-0.4, -0.2) is 59.9 Å². The molecule has 1 aromatic rings. The van der Waals surface area contributed by atoms with Gasteiger partial charge in [-0.1, -0.05) is 0 Å². The minimum absolute atomic E-state index is 0.00196. The Bertz CT molecular complexity index is 660. The van der Waals surface area contributed by atoms with E-state index < -0.39 is 11.6 Å². The number of piperidine rings is 1. The van der Waals surface area contributed by atoms with E-state index in [0.717, 1.165) is 25.1 Å². The van der Waals surface area contributed by atoms with Crippen molar-refractivity contribution >= 4 is 17.8 Å². The lowest BCUT2D eigenvalue weighted by atomic mass is 9.80. The predicted molar refractivity (Wildman–Crippen MR) is 89.4 cm³/mol. The molecule has 1 aromatic heterocycles. The van der Waals surface area contributed by atoms with Gasteiger partial charge in [-0.15, -0.1) is 0 Å². The summed E-state index contributed by atoms with van der Waals surface area (Å²) in [5, 5.41) is 5.05. The van der Waals surface area contributed by atoms with Gasteiger partial charge < -0.3 is 14.6 Å². The van der Waals surface area contributed by atoms with Gasteiger partial charge in [0.1, 0.15) is 11.3 Å². The SMILES string of the molecule is CN(Cc1ccco1)C(=O)CN1CCC[C@H]([C@]2(C)NC(=O)NC2=O)C1. The summed E-state index contributed by atoms with van der Waals surface area (Å²) in [7, 11) is 1.75. The summed E-state index contributed by atoms with van der Waals surface area (Å²) in [5.41, 5.74) is -0.904. The summed E-state index contributed by atoms with van der Waals surface area (Å²) < 4.78 is 5.27. The first kappa shape index (κ1) is 17.5. The number of likely N-dealkylation sites (N-methyl/N-ethyl adjacent to an activating group) is 1. The second-order valence-corrected chi connectivity index (χ2v) is 7.01. The molecule has 0 radical (unpaired) electrons. The Morgan fingerprint density at radius 3 is 2.92 bits per heavy atom. The van der Waals surface area contributed by atoms with E-state index in [0.29, 0.717) is 19.6 Å². The van der Waals surface area contributed by atoms with Gasteiger partial charge >= 0.3 is 6.03 Å². The molecule has 0 saturated carbocycles. The lowest BCUT2D eigenvalue weighted by Crippen LogP contribution is -2.56. The van der Waals surface area contributed by atoms with Crippen LogP contribution in [-0.2, 0) is 16.1 Å². The molecule has 25 heavy (non-hydrogen) atoms. The van der Waals surface area contributed by atoms with Gasteiger partial charge in [0.25, 0.3) is 5.91 Å². The number of rotatable bonds is 5. The highest BCUT2D eigenvalue weighted by molar-refractivity contribution is 6.07. The fourth-order valence-electron chi connectivity index (χ4n) is 3.55. The fourth-order valence-corrected chi connectivity index (χ4v) is 3.55. The normalized spacial score (nSPS) is 27.0. The van der Waals surface area contributed by atoms with Crippen LogP contribution in [0.4, 0.5) is 4.79 Å². The Balaban J connectivity index is 1.57. The standard InChI is InChI=1S/C17H24N4O4/c1-17(15(23)18-16(24)19-17)12-5-3-7-21(9-12)11-14(22)20(2)10-13-6-4-8-25-13/h4,6,8,12H,3,5,7,9-11H2,1-2H3,(H2,18,19,23,24)/t12-,17-/m0/s1. The van der Waals surface area contributed by atoms with E-state index in [9.17, 15) is 14.4 Å². The third-order valence-corrected chi connectivity index (χ3v) is 5.15. The summed E-state index contributed by atoms with van der Waals surface area (Å²) in [6, 6.07) is 3.19. The lowest BCUT2D eigenvalue weighted by molar-refractivity contribution is -0.132. The second-order valence-electron chi connectivity index (χ2n) is 7.01. The van der Waals surface area contributed by atoms with Gasteiger partial charge in [0.15, 0.2) is 0 Å². The smallest absolute Gasteiger partial charge is 0.322 e. The molecule has 3 heterocycles. The van der Waals surface area contributed by atoms with Crippen molar-refractivity contribution in [3.63, 3.8) is 0 Å². The molecular formula is C17H24N4O4. The Morgan fingerprint density at radius 1 is 1.48 bits per heavy atom. The average molecular weight is 348 g/mol. The van der Waals surface area contributed by atoms with Gasteiger partial charge in [-0.05, 0) is 38.4 Å². The average Bonchev–Trinajstić information content (AvgIpc) is 3.16. The van der Waals surface area contributed by atoms with Gasteiger partial charge in [-0.25, -0.2) is 4.79 Å². The van der Waals surface area contributed by atoms with Crippen LogP contribution < -0.4 is 10.6 Å². The van der Waals surface area contributed by atoms with Crippen LogP contribution in [0.1, 0.15) is 25.5 Å². The molecular weight excluding hydrogens is 324 g/mol. The van der Waals surface area contributed by atoms with Gasteiger partial charge in [0.05, 0.1) is 19.4 Å². The first-order valence-electron chi connectivity index (χ1n) is 8.51. The van der Waals surface area contributed by atoms with Crippen molar-refractivity contribution in [1.29, 1.82) is 0 Å². The minimum Gasteiger partial charge on any atom is -0.467 e. The lowest BCUT2D eigenvalue weighted by Gasteiger charge is -2.39. The first-order valence-corrected chi connectivity index (χ1v) is 8.51. The Kier molecular flexibility index (Phi) is 4.80. The number of nitrogens with zero attached hydrogens (tertiary/aromatic N) is 2. The van der Waals surface area contributed by atoms with E-state index in [1.807, 2.05) is 6.07 Å². The molecule has 8 heteroatoms. The van der Waals surface area contributed by atoms with Crippen molar-refractivity contribution in [1.82, 2.24) is 20.4 Å². The summed E-state index contributed by atoms with van der Waals surface area (Å²) in [4.78, 5) is 39.7. The van der Waals surface area contributed by atoms with Crippen molar-refractivity contribution in [2.24, 2.45) is 5.92 Å². The maximum absolute atomic E-state index is 12.5. The Hall–Kier alpha value is -2.35. The highest BCUT2D eigenvalue weighted by atomic mass is 16.3. The summed E-state index contributed by atoms with van der Waals surface area (Å²) in [5.74, 6) is 0.439. The third kappa shape index (κ3) is 3.68. The van der Waals surface area contributed by atoms with Gasteiger partial charge in [0.2, 0.25) is 5.91 Å². The number of likely N-dealkylation sites (tertiary alicyclic amines) is 1. The van der Waals surface area contributed by atoms with E-state index in [1.165, 1.54) is 0 Å². The largest absolute Gasteiger partial charge is 0.467 e. The van der Waals surface area contributed by atoms with Gasteiger partial charge in [-0.3, -0.25) is 19.8 Å². The molecule has 2 aliphatic heterocycles. The number of furan rings is 1. The number of hydrogen-bond donors (Lipinski definition) is 2. The zero-order valence-electron chi connectivity index (χ0n) is 14.6. The van der Waals surface area contributed by atoms with Crippen LogP contribution in [0.15, 0.2) is 22.8 Å². The molecule has 0 spiro atoms. The molecule has 2 N–H and O–H groups in total. The van der Waals surface area contributed by atoms with Crippen LogP contribution in [0.2, 0.25) is 0 Å². The quantitative estimate of drug-likeness (QED) is 0.758. The highest BCUT2D eigenvalue weighted by Gasteiger charge is 2.49. The van der Waals surface area contributed by atoms with Crippen LogP contribution in [0.3, 0.4) is 0 Å². The topological polar surface area (TPSA) is 94.9 Å². The zero-order chi connectivity index (χ0) is 18.0. The maximum Gasteiger partial charge on any atom is 0.322 e. The Labute approximate surface area is 146 Å². The fraction of sp³-hybridized carbons (Fsp3) is 0.588. The molecule has 2 fully saturated rings. The number of amides is 4. The first-order chi connectivity index (χ1) is 11.9. The molecule has 0 bridgehead atoms. The maximum atomic E-state index is 12.5. The molecule has 0 aliphatic carbocycles. The highest BCUT2D eigenvalue weighted by Crippen LogP contribution is 2.29. The van der Waals surface area contributed by atoms with Crippen LogP contribution in [0.5, 0.6) is 0 Å². The number of carbonyl (C=O) groups excluding carboxylic acids is 3. The number of nitrogens with one attached hydrogen (secondary N) is 2. The van der Waals surface area contributed by atoms with Crippen molar-refractivity contribution in [3.05, 3.63) is 24.2 Å². The van der Waals surface area contributed by atoms with E-state index in [-0.39, 0.29) is 17.7 Å². The molecule has 4 amide bonds. The van der Waals surface area contributed by atoms with Crippen LogP contribution >= 0.6 is 0 Å². The summed E-state index contributed by atoms with van der Waals surface area (Å²) >= 11 is 0. The van der Waals surface area contributed by atoms with E-state index >= 15 is 0 Å². The van der Waals surface area contributed by atoms with Gasteiger partial charge in [-0.2, -0.15) is 0 Å². The van der Waals surface area contributed by atoms with Crippen LogP contribution in [0, 0.1) is 5.92 Å². The molecule has 2 saturated heterocycles. The van der Waals surface area contributed by atoms with Crippen molar-refractivity contribution in [2.75, 3.05) is 26.7 Å². The number of urea groups is 1. The monoisotopic (exact) mass is 348 g/mol. The molecule has 2 atom stereocenters. The second kappa shape index (κ2) is 6.87. The van der Waals surface area contributed by atoms with Crippen molar-refractivity contribution in [3.8, 4) is 0 Å². The van der Waals surface area contributed by atoms with E-state index in [1.54, 1.807) is 31.2 Å². The minimum atomic E-state index is -0.904. The zero-order valence-corrected chi connectivity index (χ0v) is 14.6. The van der Waals surface area contributed by atoms with Crippen LogP contribution in [0.25, 0.3) is 0 Å². The summed E-state index contributed by atoms with van der Waals surface area (Å²) in [6.07, 6.45) is 3.32. The third-order valence-electron chi connectivity index (χ3n) is 5.15. The van der Waals surface area contributed by atoms with E-state index in [4.69, 9.17) is 4.42 Å². The van der Waals surface area contributed by atoms with Crippen molar-refractivity contribution in [2.45, 2.75) is 31.8 Å². The molecule has 136 valence electrons. The van der Waals surface area contributed by atoms with Gasteiger partial charge in [0, 0.05) is 19.5 Å². The molecule has 0 aromatic carbocycles. The summed E-state index contributed by atoms with van der Waals surface area (Å²) in [6.45, 7) is 3.89. The predicted octanol–water partition coefficient (Wildman–Crippen LogP) is 0.548. The molecule has 0 unspecified atom stereocenters. The molecule has 2 aliphatic rings. The number of hydrogen-bond acceptors (Lipinski definition) is 5. The molecule has 8 nitrogen and oxygen atoms in total. The Morgan fingerprint density at radius 2 is 2.28 bits per heavy atom. The number of imide groups is 1. The number of carbonyl (C=O) groups is 3.